The van der Waals surface area contributed by atoms with Crippen LogP contribution in [0.15, 0.2) is 29.2 Å². The van der Waals surface area contributed by atoms with Crippen LogP contribution in [0.5, 0.6) is 0 Å². The van der Waals surface area contributed by atoms with Crippen molar-refractivity contribution in [1.29, 1.82) is 5.26 Å². The lowest BCUT2D eigenvalue weighted by Crippen LogP contribution is -2.35. The minimum absolute atomic E-state index is 0.0726. The second-order valence-corrected chi connectivity index (χ2v) is 6.51. The van der Waals surface area contributed by atoms with Crippen LogP contribution in [0.4, 0.5) is 0 Å². The van der Waals surface area contributed by atoms with Crippen molar-refractivity contribution in [3.05, 3.63) is 29.8 Å². The standard InChI is InChI=1S/C16H20N2O2S/c1-18(10-13-3-2-4-15(13)19)16(20)11-21-14-7-5-12(9-17)6-8-14/h5-8,13,15,19H,2-4,10-11H2,1H3. The van der Waals surface area contributed by atoms with Crippen molar-refractivity contribution >= 4 is 17.7 Å². The summed E-state index contributed by atoms with van der Waals surface area (Å²) in [5.74, 6) is 0.674. The third kappa shape index (κ3) is 4.48. The first-order chi connectivity index (χ1) is 10.1. The summed E-state index contributed by atoms with van der Waals surface area (Å²) in [4.78, 5) is 14.8. The lowest BCUT2D eigenvalue weighted by molar-refractivity contribution is -0.127. The van der Waals surface area contributed by atoms with Gasteiger partial charge in [-0.3, -0.25) is 4.79 Å². The van der Waals surface area contributed by atoms with Gasteiger partial charge in [-0.05, 0) is 37.1 Å². The van der Waals surface area contributed by atoms with Gasteiger partial charge in [0.05, 0.1) is 23.5 Å². The molecule has 1 aliphatic carbocycles. The molecule has 0 heterocycles. The summed E-state index contributed by atoms with van der Waals surface area (Å²) in [5.41, 5.74) is 0.623. The van der Waals surface area contributed by atoms with E-state index in [-0.39, 0.29) is 17.9 Å². The number of hydrogen-bond donors (Lipinski definition) is 1. The first kappa shape index (κ1) is 15.9. The van der Waals surface area contributed by atoms with Crippen molar-refractivity contribution in [2.75, 3.05) is 19.3 Å². The highest BCUT2D eigenvalue weighted by molar-refractivity contribution is 8.00. The third-order valence-electron chi connectivity index (χ3n) is 3.90. The predicted molar refractivity (Wildman–Crippen MR) is 82.9 cm³/mol. The molecule has 1 amide bonds. The van der Waals surface area contributed by atoms with Crippen molar-refractivity contribution < 1.29 is 9.90 Å². The van der Waals surface area contributed by atoms with Crippen LogP contribution in [0, 0.1) is 17.2 Å². The number of carbonyl (C=O) groups excluding carboxylic acids is 1. The average molecular weight is 304 g/mol. The molecule has 112 valence electrons. The molecule has 2 atom stereocenters. The molecule has 1 fully saturated rings. The second-order valence-electron chi connectivity index (χ2n) is 5.46. The van der Waals surface area contributed by atoms with Gasteiger partial charge in [0.15, 0.2) is 0 Å². The van der Waals surface area contributed by atoms with E-state index in [1.165, 1.54) is 11.8 Å². The van der Waals surface area contributed by atoms with Crippen LogP contribution in [-0.4, -0.2) is 41.4 Å². The Balaban J connectivity index is 1.79. The Bertz CT molecular complexity index is 524. The van der Waals surface area contributed by atoms with Crippen molar-refractivity contribution in [3.8, 4) is 6.07 Å². The van der Waals surface area contributed by atoms with E-state index in [1.54, 1.807) is 24.1 Å². The highest BCUT2D eigenvalue weighted by Crippen LogP contribution is 2.26. The van der Waals surface area contributed by atoms with Gasteiger partial charge in [-0.25, -0.2) is 0 Å². The fraction of sp³-hybridized carbons (Fsp3) is 0.500. The Kier molecular flexibility index (Phi) is 5.66. The smallest absolute Gasteiger partial charge is 0.232 e. The molecular formula is C16H20N2O2S. The number of nitrogens with zero attached hydrogens (tertiary/aromatic N) is 2. The fourth-order valence-electron chi connectivity index (χ4n) is 2.56. The van der Waals surface area contributed by atoms with Crippen molar-refractivity contribution in [1.82, 2.24) is 4.90 Å². The first-order valence-electron chi connectivity index (χ1n) is 7.15. The Labute approximate surface area is 129 Å². The molecule has 0 aromatic heterocycles. The summed E-state index contributed by atoms with van der Waals surface area (Å²) in [7, 11) is 1.80. The zero-order valence-corrected chi connectivity index (χ0v) is 13.0. The van der Waals surface area contributed by atoms with Crippen LogP contribution in [0.3, 0.4) is 0 Å². The summed E-state index contributed by atoms with van der Waals surface area (Å²) in [6, 6.07) is 9.30. The van der Waals surface area contributed by atoms with Gasteiger partial charge >= 0.3 is 0 Å². The van der Waals surface area contributed by atoms with Crippen LogP contribution in [-0.2, 0) is 4.79 Å². The number of carbonyl (C=O) groups is 1. The average Bonchev–Trinajstić information content (AvgIpc) is 2.90. The molecule has 5 heteroatoms. The van der Waals surface area contributed by atoms with Gasteiger partial charge in [-0.15, -0.1) is 11.8 Å². The van der Waals surface area contributed by atoms with Crippen LogP contribution in [0.25, 0.3) is 0 Å². The molecule has 1 aromatic carbocycles. The Morgan fingerprint density at radius 2 is 2.14 bits per heavy atom. The molecule has 1 aromatic rings. The minimum atomic E-state index is -0.258. The largest absolute Gasteiger partial charge is 0.393 e. The number of nitriles is 1. The number of hydrogen-bond acceptors (Lipinski definition) is 4. The first-order valence-corrected chi connectivity index (χ1v) is 8.13. The zero-order chi connectivity index (χ0) is 15.2. The molecule has 0 spiro atoms. The lowest BCUT2D eigenvalue weighted by Gasteiger charge is -2.23. The van der Waals surface area contributed by atoms with Crippen LogP contribution >= 0.6 is 11.8 Å². The summed E-state index contributed by atoms with van der Waals surface area (Å²) in [6.07, 6.45) is 2.65. The number of aliphatic hydroxyl groups is 1. The van der Waals surface area contributed by atoms with E-state index in [0.717, 1.165) is 24.2 Å². The molecule has 21 heavy (non-hydrogen) atoms. The topological polar surface area (TPSA) is 64.3 Å². The summed E-state index contributed by atoms with van der Waals surface area (Å²) >= 11 is 1.47. The second kappa shape index (κ2) is 7.48. The van der Waals surface area contributed by atoms with Crippen molar-refractivity contribution in [3.63, 3.8) is 0 Å². The molecule has 2 unspecified atom stereocenters. The van der Waals surface area contributed by atoms with Gasteiger partial charge in [0, 0.05) is 24.4 Å². The number of amides is 1. The van der Waals surface area contributed by atoms with Crippen molar-refractivity contribution in [2.24, 2.45) is 5.92 Å². The van der Waals surface area contributed by atoms with E-state index in [9.17, 15) is 9.90 Å². The highest BCUT2D eigenvalue weighted by atomic mass is 32.2. The SMILES string of the molecule is CN(CC1CCCC1O)C(=O)CSc1ccc(C#N)cc1. The maximum absolute atomic E-state index is 12.1. The number of benzene rings is 1. The zero-order valence-electron chi connectivity index (χ0n) is 12.2. The van der Waals surface area contributed by atoms with Gasteiger partial charge in [-0.1, -0.05) is 6.42 Å². The minimum Gasteiger partial charge on any atom is -0.393 e. The molecular weight excluding hydrogens is 284 g/mol. The van der Waals surface area contributed by atoms with E-state index in [0.29, 0.717) is 17.9 Å². The van der Waals surface area contributed by atoms with E-state index < -0.39 is 0 Å². The van der Waals surface area contributed by atoms with Crippen LogP contribution < -0.4 is 0 Å². The molecule has 0 radical (unpaired) electrons. The van der Waals surface area contributed by atoms with E-state index >= 15 is 0 Å². The molecule has 2 rings (SSSR count). The molecule has 1 saturated carbocycles. The lowest BCUT2D eigenvalue weighted by atomic mass is 10.1. The molecule has 1 N–H and O–H groups in total. The van der Waals surface area contributed by atoms with Gasteiger partial charge in [-0.2, -0.15) is 5.26 Å². The Morgan fingerprint density at radius 1 is 1.43 bits per heavy atom. The fourth-order valence-corrected chi connectivity index (χ4v) is 3.40. The quantitative estimate of drug-likeness (QED) is 0.848. The highest BCUT2D eigenvalue weighted by Gasteiger charge is 2.27. The molecule has 4 nitrogen and oxygen atoms in total. The maximum atomic E-state index is 12.1. The molecule has 0 bridgehead atoms. The maximum Gasteiger partial charge on any atom is 0.232 e. The molecule has 1 aliphatic rings. The number of rotatable bonds is 5. The van der Waals surface area contributed by atoms with Gasteiger partial charge in [0.25, 0.3) is 0 Å². The Hall–Kier alpha value is -1.51. The van der Waals surface area contributed by atoms with Crippen molar-refractivity contribution in [2.45, 2.75) is 30.3 Å². The van der Waals surface area contributed by atoms with E-state index in [1.807, 2.05) is 12.1 Å². The number of aliphatic hydroxyl groups excluding tert-OH is 1. The van der Waals surface area contributed by atoms with E-state index in [4.69, 9.17) is 5.26 Å². The summed E-state index contributed by atoms with van der Waals surface area (Å²) in [5, 5.41) is 18.5. The van der Waals surface area contributed by atoms with Gasteiger partial charge in [0.1, 0.15) is 0 Å². The molecule has 0 aliphatic heterocycles. The predicted octanol–water partition coefficient (Wildman–Crippen LogP) is 2.27. The normalized spacial score (nSPS) is 21.0. The Morgan fingerprint density at radius 3 is 2.71 bits per heavy atom. The van der Waals surface area contributed by atoms with Crippen LogP contribution in [0.2, 0.25) is 0 Å². The number of thioether (sulfide) groups is 1. The van der Waals surface area contributed by atoms with Crippen LogP contribution in [0.1, 0.15) is 24.8 Å². The molecule has 0 saturated heterocycles. The third-order valence-corrected chi connectivity index (χ3v) is 4.90. The van der Waals surface area contributed by atoms with E-state index in [2.05, 4.69) is 6.07 Å². The van der Waals surface area contributed by atoms with Gasteiger partial charge < -0.3 is 10.0 Å². The van der Waals surface area contributed by atoms with Gasteiger partial charge in [0.2, 0.25) is 5.91 Å². The summed E-state index contributed by atoms with van der Waals surface area (Å²) in [6.45, 7) is 0.633. The summed E-state index contributed by atoms with van der Waals surface area (Å²) < 4.78 is 0. The monoisotopic (exact) mass is 304 g/mol.